The van der Waals surface area contributed by atoms with Gasteiger partial charge in [-0.15, -0.1) is 0 Å². The standard InChI is InChI=1S/C15H16FNO2/c16-13-5-1-3-11(7-13)10-19-14-6-2-4-12(8-14)15(17)9-18/h1-8,15,18H,9-10,17H2/t15-/m1/s1. The molecule has 3 nitrogen and oxygen atoms in total. The van der Waals surface area contributed by atoms with Gasteiger partial charge in [0.15, 0.2) is 0 Å². The number of nitrogens with two attached hydrogens (primary N) is 1. The van der Waals surface area contributed by atoms with Gasteiger partial charge >= 0.3 is 0 Å². The van der Waals surface area contributed by atoms with Crippen LogP contribution in [0.2, 0.25) is 0 Å². The van der Waals surface area contributed by atoms with Crippen LogP contribution in [0.1, 0.15) is 17.2 Å². The molecule has 0 bridgehead atoms. The Labute approximate surface area is 111 Å². The molecule has 0 amide bonds. The number of aliphatic hydroxyl groups is 1. The first kappa shape index (κ1) is 13.5. The highest BCUT2D eigenvalue weighted by Gasteiger charge is 2.05. The van der Waals surface area contributed by atoms with Crippen LogP contribution in [0.4, 0.5) is 4.39 Å². The van der Waals surface area contributed by atoms with Crippen LogP contribution in [0.3, 0.4) is 0 Å². The van der Waals surface area contributed by atoms with Crippen molar-refractivity contribution in [3.63, 3.8) is 0 Å². The first-order valence-electron chi connectivity index (χ1n) is 6.02. The summed E-state index contributed by atoms with van der Waals surface area (Å²) in [4.78, 5) is 0. The normalized spacial score (nSPS) is 12.2. The fourth-order valence-electron chi connectivity index (χ4n) is 1.73. The van der Waals surface area contributed by atoms with Crippen molar-refractivity contribution >= 4 is 0 Å². The molecular formula is C15H16FNO2. The van der Waals surface area contributed by atoms with Crippen LogP contribution in [-0.2, 0) is 6.61 Å². The average Bonchev–Trinajstić information content (AvgIpc) is 2.45. The maximum absolute atomic E-state index is 13.0. The van der Waals surface area contributed by atoms with Gasteiger partial charge in [0.05, 0.1) is 12.6 Å². The summed E-state index contributed by atoms with van der Waals surface area (Å²) >= 11 is 0. The average molecular weight is 261 g/mol. The van der Waals surface area contributed by atoms with Gasteiger partial charge in [-0.2, -0.15) is 0 Å². The minimum Gasteiger partial charge on any atom is -0.489 e. The van der Waals surface area contributed by atoms with Gasteiger partial charge in [0.25, 0.3) is 0 Å². The first-order chi connectivity index (χ1) is 9.19. The lowest BCUT2D eigenvalue weighted by molar-refractivity contribution is 0.267. The summed E-state index contributed by atoms with van der Waals surface area (Å²) in [5.41, 5.74) is 7.30. The Balaban J connectivity index is 2.03. The maximum atomic E-state index is 13.0. The Morgan fingerprint density at radius 2 is 1.95 bits per heavy atom. The van der Waals surface area contributed by atoms with Crippen LogP contribution in [0.5, 0.6) is 5.75 Å². The number of aliphatic hydroxyl groups excluding tert-OH is 1. The number of halogens is 1. The Morgan fingerprint density at radius 3 is 2.68 bits per heavy atom. The summed E-state index contributed by atoms with van der Waals surface area (Å²) in [7, 11) is 0. The summed E-state index contributed by atoms with van der Waals surface area (Å²) in [5.74, 6) is 0.364. The summed E-state index contributed by atoms with van der Waals surface area (Å²) in [6, 6.07) is 13.1. The molecule has 100 valence electrons. The molecule has 0 saturated heterocycles. The Bertz CT molecular complexity index is 545. The van der Waals surface area contributed by atoms with Crippen LogP contribution in [-0.4, -0.2) is 11.7 Å². The highest BCUT2D eigenvalue weighted by Crippen LogP contribution is 2.19. The van der Waals surface area contributed by atoms with E-state index in [1.54, 1.807) is 24.3 Å². The van der Waals surface area contributed by atoms with E-state index in [9.17, 15) is 4.39 Å². The molecular weight excluding hydrogens is 245 g/mol. The number of ether oxygens (including phenoxy) is 1. The lowest BCUT2D eigenvalue weighted by atomic mass is 10.1. The molecule has 0 radical (unpaired) electrons. The zero-order chi connectivity index (χ0) is 13.7. The van der Waals surface area contributed by atoms with E-state index in [0.717, 1.165) is 11.1 Å². The van der Waals surface area contributed by atoms with E-state index in [1.807, 2.05) is 12.1 Å². The van der Waals surface area contributed by atoms with Gasteiger partial charge in [-0.1, -0.05) is 24.3 Å². The molecule has 4 heteroatoms. The van der Waals surface area contributed by atoms with Gasteiger partial charge in [0.1, 0.15) is 18.2 Å². The van der Waals surface area contributed by atoms with E-state index >= 15 is 0 Å². The van der Waals surface area contributed by atoms with Crippen molar-refractivity contribution in [2.75, 3.05) is 6.61 Å². The molecule has 1 atom stereocenters. The van der Waals surface area contributed by atoms with Crippen molar-refractivity contribution < 1.29 is 14.2 Å². The van der Waals surface area contributed by atoms with E-state index in [1.165, 1.54) is 12.1 Å². The second kappa shape index (κ2) is 6.31. The fourth-order valence-corrected chi connectivity index (χ4v) is 1.73. The monoisotopic (exact) mass is 261 g/mol. The molecule has 0 fully saturated rings. The number of benzene rings is 2. The molecule has 0 saturated carbocycles. The lowest BCUT2D eigenvalue weighted by Crippen LogP contribution is -2.14. The SMILES string of the molecule is N[C@H](CO)c1cccc(OCc2cccc(F)c2)c1. The van der Waals surface area contributed by atoms with Crippen molar-refractivity contribution in [3.8, 4) is 5.75 Å². The molecule has 0 aromatic heterocycles. The first-order valence-corrected chi connectivity index (χ1v) is 6.02. The summed E-state index contributed by atoms with van der Waals surface area (Å²) in [6.07, 6.45) is 0. The lowest BCUT2D eigenvalue weighted by Gasteiger charge is -2.11. The quantitative estimate of drug-likeness (QED) is 0.869. The fraction of sp³-hybridized carbons (Fsp3) is 0.200. The van der Waals surface area contributed by atoms with Crippen LogP contribution in [0, 0.1) is 5.82 Å². The Hall–Kier alpha value is -1.91. The number of hydrogen-bond acceptors (Lipinski definition) is 3. The van der Waals surface area contributed by atoms with Gasteiger partial charge < -0.3 is 15.6 Å². The molecule has 0 aliphatic heterocycles. The Kier molecular flexibility index (Phi) is 4.49. The van der Waals surface area contributed by atoms with E-state index in [0.29, 0.717) is 5.75 Å². The molecule has 0 aliphatic carbocycles. The van der Waals surface area contributed by atoms with E-state index in [4.69, 9.17) is 15.6 Å². The van der Waals surface area contributed by atoms with Crippen molar-refractivity contribution in [3.05, 3.63) is 65.5 Å². The second-order valence-corrected chi connectivity index (χ2v) is 4.28. The molecule has 3 N–H and O–H groups in total. The topological polar surface area (TPSA) is 55.5 Å². The molecule has 19 heavy (non-hydrogen) atoms. The molecule has 0 heterocycles. The molecule has 2 rings (SSSR count). The third kappa shape index (κ3) is 3.77. The third-order valence-corrected chi connectivity index (χ3v) is 2.78. The number of rotatable bonds is 5. The molecule has 2 aromatic carbocycles. The predicted molar refractivity (Wildman–Crippen MR) is 71.2 cm³/mol. The Morgan fingerprint density at radius 1 is 1.16 bits per heavy atom. The van der Waals surface area contributed by atoms with Gasteiger partial charge in [-0.05, 0) is 35.4 Å². The summed E-state index contributed by atoms with van der Waals surface area (Å²) in [5, 5.41) is 9.01. The van der Waals surface area contributed by atoms with Crippen LogP contribution < -0.4 is 10.5 Å². The highest BCUT2D eigenvalue weighted by atomic mass is 19.1. The molecule has 0 unspecified atom stereocenters. The minimum absolute atomic E-state index is 0.118. The van der Waals surface area contributed by atoms with E-state index < -0.39 is 6.04 Å². The van der Waals surface area contributed by atoms with Gasteiger partial charge in [0.2, 0.25) is 0 Å². The molecule has 0 aliphatic rings. The highest BCUT2D eigenvalue weighted by molar-refractivity contribution is 5.30. The zero-order valence-electron chi connectivity index (χ0n) is 10.4. The molecule has 2 aromatic rings. The van der Waals surface area contributed by atoms with Crippen LogP contribution in [0.15, 0.2) is 48.5 Å². The second-order valence-electron chi connectivity index (χ2n) is 4.28. The van der Waals surface area contributed by atoms with Gasteiger partial charge in [0, 0.05) is 0 Å². The number of hydrogen-bond donors (Lipinski definition) is 2. The predicted octanol–water partition coefficient (Wildman–Crippen LogP) is 2.40. The largest absolute Gasteiger partial charge is 0.489 e. The van der Waals surface area contributed by atoms with Crippen LogP contribution in [0.25, 0.3) is 0 Å². The van der Waals surface area contributed by atoms with Crippen molar-refractivity contribution in [2.45, 2.75) is 12.6 Å². The smallest absolute Gasteiger partial charge is 0.123 e. The molecule has 0 spiro atoms. The maximum Gasteiger partial charge on any atom is 0.123 e. The van der Waals surface area contributed by atoms with E-state index in [2.05, 4.69) is 0 Å². The van der Waals surface area contributed by atoms with E-state index in [-0.39, 0.29) is 19.0 Å². The van der Waals surface area contributed by atoms with Crippen molar-refractivity contribution in [1.82, 2.24) is 0 Å². The van der Waals surface area contributed by atoms with Gasteiger partial charge in [-0.3, -0.25) is 0 Å². The third-order valence-electron chi connectivity index (χ3n) is 2.78. The van der Waals surface area contributed by atoms with Crippen molar-refractivity contribution in [1.29, 1.82) is 0 Å². The summed E-state index contributed by atoms with van der Waals surface area (Å²) in [6.45, 7) is 0.170. The minimum atomic E-state index is -0.419. The van der Waals surface area contributed by atoms with Gasteiger partial charge in [-0.25, -0.2) is 4.39 Å². The van der Waals surface area contributed by atoms with Crippen LogP contribution >= 0.6 is 0 Å². The van der Waals surface area contributed by atoms with Crippen molar-refractivity contribution in [2.24, 2.45) is 5.73 Å². The zero-order valence-corrected chi connectivity index (χ0v) is 10.4. The summed E-state index contributed by atoms with van der Waals surface area (Å²) < 4.78 is 18.6.